The van der Waals surface area contributed by atoms with Gasteiger partial charge in [-0.05, 0) is 31.7 Å². The summed E-state index contributed by atoms with van der Waals surface area (Å²) in [6, 6.07) is 6.32. The van der Waals surface area contributed by atoms with Gasteiger partial charge in [0.2, 0.25) is 0 Å². The molecule has 1 N–H and O–H groups in total. The van der Waals surface area contributed by atoms with Crippen molar-refractivity contribution in [2.75, 3.05) is 18.0 Å². The fraction of sp³-hybridized carbons (Fsp3) is 0.524. The highest BCUT2D eigenvalue weighted by molar-refractivity contribution is 5.88. The lowest BCUT2D eigenvalue weighted by Crippen LogP contribution is -2.60. The number of imidazole rings is 1. The van der Waals surface area contributed by atoms with Crippen LogP contribution in [-0.4, -0.2) is 60.8 Å². The lowest BCUT2D eigenvalue weighted by atomic mass is 9.79. The van der Waals surface area contributed by atoms with Gasteiger partial charge in [0, 0.05) is 56.6 Å². The van der Waals surface area contributed by atoms with Crippen LogP contribution in [0.2, 0.25) is 0 Å². The molecule has 3 fully saturated rings. The molecule has 0 radical (unpaired) electrons. The minimum absolute atomic E-state index is 0.271. The summed E-state index contributed by atoms with van der Waals surface area (Å²) in [5, 5.41) is 13.4. The maximum absolute atomic E-state index is 9.13. The SMILES string of the molecule is Cn1cc(-c2nc3nccc(N4CC5CCC(C4)N5C4CC(C#N)C4)c3[nH]2)cn1. The summed E-state index contributed by atoms with van der Waals surface area (Å²) in [6.45, 7) is 2.06. The predicted molar refractivity (Wildman–Crippen MR) is 109 cm³/mol. The van der Waals surface area contributed by atoms with Crippen molar-refractivity contribution >= 4 is 16.9 Å². The summed E-state index contributed by atoms with van der Waals surface area (Å²) >= 11 is 0. The van der Waals surface area contributed by atoms with E-state index in [2.05, 4.69) is 37.0 Å². The molecule has 5 heterocycles. The summed E-state index contributed by atoms with van der Waals surface area (Å²) in [5.74, 6) is 1.08. The Morgan fingerprint density at radius 2 is 1.97 bits per heavy atom. The maximum atomic E-state index is 9.13. The van der Waals surface area contributed by atoms with Gasteiger partial charge in [0.05, 0.1) is 23.5 Å². The molecule has 3 aliphatic rings. The van der Waals surface area contributed by atoms with Crippen LogP contribution in [0.25, 0.3) is 22.6 Å². The van der Waals surface area contributed by atoms with E-state index in [1.807, 2.05) is 25.6 Å². The lowest BCUT2D eigenvalue weighted by Gasteiger charge is -2.49. The predicted octanol–water partition coefficient (Wildman–Crippen LogP) is 2.31. The van der Waals surface area contributed by atoms with Crippen LogP contribution in [0.1, 0.15) is 25.7 Å². The van der Waals surface area contributed by atoms with Crippen LogP contribution < -0.4 is 4.90 Å². The van der Waals surface area contributed by atoms with Crippen LogP contribution in [0.4, 0.5) is 5.69 Å². The fourth-order valence-electron chi connectivity index (χ4n) is 5.51. The average Bonchev–Trinajstić information content (AvgIpc) is 3.37. The van der Waals surface area contributed by atoms with Crippen molar-refractivity contribution in [1.29, 1.82) is 5.26 Å². The molecule has 2 atom stereocenters. The number of H-pyrrole nitrogens is 1. The average molecular weight is 388 g/mol. The van der Waals surface area contributed by atoms with Crippen LogP contribution >= 0.6 is 0 Å². The van der Waals surface area contributed by atoms with Crippen LogP contribution in [0.5, 0.6) is 0 Å². The molecular weight excluding hydrogens is 364 g/mol. The number of aromatic amines is 1. The number of fused-ring (bicyclic) bond motifs is 3. The van der Waals surface area contributed by atoms with E-state index in [1.165, 1.54) is 18.5 Å². The monoisotopic (exact) mass is 388 g/mol. The first-order valence-electron chi connectivity index (χ1n) is 10.5. The molecule has 8 heteroatoms. The van der Waals surface area contributed by atoms with Crippen LogP contribution in [0.15, 0.2) is 24.7 Å². The van der Waals surface area contributed by atoms with Crippen LogP contribution in [-0.2, 0) is 7.05 Å². The number of rotatable bonds is 3. The van der Waals surface area contributed by atoms with E-state index in [4.69, 9.17) is 10.2 Å². The van der Waals surface area contributed by atoms with E-state index in [9.17, 15) is 0 Å². The maximum Gasteiger partial charge on any atom is 0.180 e. The molecule has 8 nitrogen and oxygen atoms in total. The van der Waals surface area contributed by atoms with Crippen molar-refractivity contribution < 1.29 is 0 Å². The third-order valence-electron chi connectivity index (χ3n) is 6.95. The lowest BCUT2D eigenvalue weighted by molar-refractivity contribution is 0.0439. The summed E-state index contributed by atoms with van der Waals surface area (Å²) in [4.78, 5) is 17.9. The Kier molecular flexibility index (Phi) is 3.68. The second kappa shape index (κ2) is 6.29. The Bertz CT molecular complexity index is 1090. The molecule has 0 amide bonds. The van der Waals surface area contributed by atoms with Gasteiger partial charge in [-0.1, -0.05) is 0 Å². The number of pyridine rings is 1. The third kappa shape index (κ3) is 2.64. The molecule has 3 aromatic heterocycles. The van der Waals surface area contributed by atoms with E-state index in [0.29, 0.717) is 18.1 Å². The molecule has 148 valence electrons. The van der Waals surface area contributed by atoms with Gasteiger partial charge in [-0.3, -0.25) is 9.58 Å². The number of aryl methyl sites for hydroxylation is 1. The van der Waals surface area contributed by atoms with E-state index in [0.717, 1.165) is 48.5 Å². The summed E-state index contributed by atoms with van der Waals surface area (Å²) in [6.07, 6.45) is 10.3. The minimum atomic E-state index is 0.271. The van der Waals surface area contributed by atoms with Crippen molar-refractivity contribution in [3.63, 3.8) is 0 Å². The number of anilines is 1. The highest BCUT2D eigenvalue weighted by Crippen LogP contribution is 2.42. The Hall–Kier alpha value is -2.92. The quantitative estimate of drug-likeness (QED) is 0.741. The molecule has 3 aromatic rings. The van der Waals surface area contributed by atoms with Gasteiger partial charge in [-0.25, -0.2) is 9.97 Å². The zero-order chi connectivity index (χ0) is 19.5. The van der Waals surface area contributed by atoms with Gasteiger partial charge in [-0.2, -0.15) is 10.4 Å². The Balaban J connectivity index is 1.28. The van der Waals surface area contributed by atoms with Gasteiger partial charge in [0.25, 0.3) is 0 Å². The van der Waals surface area contributed by atoms with E-state index < -0.39 is 0 Å². The van der Waals surface area contributed by atoms with Gasteiger partial charge in [0.15, 0.2) is 5.65 Å². The first kappa shape index (κ1) is 17.0. The number of hydrogen-bond donors (Lipinski definition) is 1. The number of piperazine rings is 1. The van der Waals surface area contributed by atoms with Gasteiger partial charge < -0.3 is 9.88 Å². The van der Waals surface area contributed by atoms with Crippen molar-refractivity contribution in [3.05, 3.63) is 24.7 Å². The van der Waals surface area contributed by atoms with Crippen molar-refractivity contribution in [1.82, 2.24) is 29.6 Å². The number of nitrogens with zero attached hydrogens (tertiary/aromatic N) is 7. The van der Waals surface area contributed by atoms with Gasteiger partial charge in [-0.15, -0.1) is 0 Å². The minimum Gasteiger partial charge on any atom is -0.367 e. The topological polar surface area (TPSA) is 89.7 Å². The number of aromatic nitrogens is 5. The van der Waals surface area contributed by atoms with E-state index >= 15 is 0 Å². The second-order valence-corrected chi connectivity index (χ2v) is 8.71. The largest absolute Gasteiger partial charge is 0.367 e. The molecule has 6 rings (SSSR count). The zero-order valence-electron chi connectivity index (χ0n) is 16.5. The Morgan fingerprint density at radius 1 is 1.17 bits per heavy atom. The molecular formula is C21H24N8. The number of hydrogen-bond acceptors (Lipinski definition) is 6. The smallest absolute Gasteiger partial charge is 0.180 e. The summed E-state index contributed by atoms with van der Waals surface area (Å²) < 4.78 is 1.78. The normalized spacial score (nSPS) is 29.2. The number of nitrogens with one attached hydrogen (secondary N) is 1. The molecule has 1 saturated carbocycles. The van der Waals surface area contributed by atoms with E-state index in [-0.39, 0.29) is 5.92 Å². The van der Waals surface area contributed by atoms with Gasteiger partial charge >= 0.3 is 0 Å². The van der Waals surface area contributed by atoms with E-state index in [1.54, 1.807) is 4.68 Å². The highest BCUT2D eigenvalue weighted by Gasteiger charge is 2.47. The summed E-state index contributed by atoms with van der Waals surface area (Å²) in [7, 11) is 1.91. The van der Waals surface area contributed by atoms with Crippen LogP contribution in [0.3, 0.4) is 0 Å². The fourth-order valence-corrected chi connectivity index (χ4v) is 5.51. The molecule has 0 spiro atoms. The molecule has 2 bridgehead atoms. The third-order valence-corrected chi connectivity index (χ3v) is 6.95. The standard InChI is InChI=1S/C21H24N8/c1-27-10-14(9-24-27)20-25-19-18(4-5-23-21(19)26-20)28-11-15-2-3-16(12-28)29(15)17-6-13(7-17)8-22/h4-5,9-10,13,15-17H,2-3,6-7,11-12H2,1H3,(H,23,25,26). The van der Waals surface area contributed by atoms with Crippen molar-refractivity contribution in [3.8, 4) is 17.5 Å². The first-order valence-corrected chi connectivity index (χ1v) is 10.5. The molecule has 2 saturated heterocycles. The highest BCUT2D eigenvalue weighted by atomic mass is 15.3. The molecule has 2 unspecified atom stereocenters. The van der Waals surface area contributed by atoms with Crippen molar-refractivity contribution in [2.45, 2.75) is 43.8 Å². The number of nitriles is 1. The summed E-state index contributed by atoms with van der Waals surface area (Å²) in [5.41, 5.74) is 3.93. The molecule has 1 aliphatic carbocycles. The molecule has 29 heavy (non-hydrogen) atoms. The first-order chi connectivity index (χ1) is 14.2. The zero-order valence-corrected chi connectivity index (χ0v) is 16.5. The Morgan fingerprint density at radius 3 is 2.66 bits per heavy atom. The molecule has 0 aromatic carbocycles. The van der Waals surface area contributed by atoms with Crippen LogP contribution in [0, 0.1) is 17.2 Å². The second-order valence-electron chi connectivity index (χ2n) is 8.71. The van der Waals surface area contributed by atoms with Gasteiger partial charge in [0.1, 0.15) is 11.3 Å². The van der Waals surface area contributed by atoms with Crippen molar-refractivity contribution in [2.24, 2.45) is 13.0 Å². The Labute approximate surface area is 169 Å². The molecule has 2 aliphatic heterocycles.